The van der Waals surface area contributed by atoms with Gasteiger partial charge in [-0.3, -0.25) is 0 Å². The zero-order chi connectivity index (χ0) is 11.4. The van der Waals surface area contributed by atoms with Crippen LogP contribution in [0, 0.1) is 0 Å². The quantitative estimate of drug-likeness (QED) is 0.750. The Hall–Kier alpha value is -1.49. The summed E-state index contributed by atoms with van der Waals surface area (Å²) in [6, 6.07) is 7.65. The molecule has 0 spiro atoms. The summed E-state index contributed by atoms with van der Waals surface area (Å²) in [5, 5.41) is 6.51. The number of para-hydroxylation sites is 2. The maximum absolute atomic E-state index is 5.75. The first kappa shape index (κ1) is 11.0. The van der Waals surface area contributed by atoms with Gasteiger partial charge in [0.1, 0.15) is 12.7 Å². The van der Waals surface area contributed by atoms with E-state index < -0.39 is 0 Å². The van der Waals surface area contributed by atoms with E-state index in [4.69, 9.17) is 21.7 Å². The van der Waals surface area contributed by atoms with Crippen LogP contribution in [-0.2, 0) is 0 Å². The third-order valence-corrected chi connectivity index (χ3v) is 2.63. The number of ether oxygens (including phenoxy) is 2. The fourth-order valence-corrected chi connectivity index (χ4v) is 1.54. The van der Waals surface area contributed by atoms with Gasteiger partial charge < -0.3 is 20.1 Å². The second kappa shape index (κ2) is 5.03. The van der Waals surface area contributed by atoms with Crippen LogP contribution in [0.5, 0.6) is 11.5 Å². The van der Waals surface area contributed by atoms with Crippen molar-refractivity contribution in [1.29, 1.82) is 0 Å². The molecule has 0 saturated heterocycles. The first-order chi connectivity index (χ1) is 7.79. The normalized spacial score (nSPS) is 17.7. The summed E-state index contributed by atoms with van der Waals surface area (Å²) in [6.07, 6.45) is -0.0128. The van der Waals surface area contributed by atoms with E-state index in [1.165, 1.54) is 0 Å². The Morgan fingerprint density at radius 1 is 1.44 bits per heavy atom. The van der Waals surface area contributed by atoms with Gasteiger partial charge in [0.25, 0.3) is 0 Å². The maximum Gasteiger partial charge on any atom is 0.166 e. The Kier molecular flexibility index (Phi) is 3.46. The van der Waals surface area contributed by atoms with Crippen molar-refractivity contribution in [2.24, 2.45) is 0 Å². The van der Waals surface area contributed by atoms with Gasteiger partial charge in [-0.15, -0.1) is 0 Å². The van der Waals surface area contributed by atoms with Crippen molar-refractivity contribution < 1.29 is 9.47 Å². The van der Waals surface area contributed by atoms with Gasteiger partial charge in [0, 0.05) is 7.05 Å². The topological polar surface area (TPSA) is 42.5 Å². The molecule has 1 heterocycles. The van der Waals surface area contributed by atoms with Crippen LogP contribution in [0.25, 0.3) is 0 Å². The number of rotatable bonds is 2. The molecule has 0 radical (unpaired) electrons. The predicted octanol–water partition coefficient (Wildman–Crippen LogP) is 0.920. The van der Waals surface area contributed by atoms with E-state index in [2.05, 4.69) is 10.6 Å². The number of fused-ring (bicyclic) bond motifs is 1. The van der Waals surface area contributed by atoms with Crippen molar-refractivity contribution in [3.05, 3.63) is 24.3 Å². The molecule has 1 aromatic carbocycles. The number of thiocarbonyl (C=S) groups is 1. The summed E-state index contributed by atoms with van der Waals surface area (Å²) in [7, 11) is 1.78. The second-order valence-electron chi connectivity index (χ2n) is 3.46. The second-order valence-corrected chi connectivity index (χ2v) is 3.87. The third-order valence-electron chi connectivity index (χ3n) is 2.28. The average Bonchev–Trinajstić information content (AvgIpc) is 2.35. The van der Waals surface area contributed by atoms with E-state index in [0.29, 0.717) is 18.3 Å². The highest BCUT2D eigenvalue weighted by atomic mass is 32.1. The van der Waals surface area contributed by atoms with Crippen molar-refractivity contribution in [1.82, 2.24) is 10.6 Å². The summed E-state index contributed by atoms with van der Waals surface area (Å²) in [5.74, 6) is 1.59. The van der Waals surface area contributed by atoms with Gasteiger partial charge in [0.2, 0.25) is 0 Å². The van der Waals surface area contributed by atoms with Crippen LogP contribution in [0.1, 0.15) is 0 Å². The molecule has 5 heteroatoms. The molecule has 0 aliphatic carbocycles. The van der Waals surface area contributed by atoms with Crippen LogP contribution >= 0.6 is 12.2 Å². The molecule has 2 rings (SSSR count). The zero-order valence-electron chi connectivity index (χ0n) is 9.03. The van der Waals surface area contributed by atoms with Crippen molar-refractivity contribution in [2.45, 2.75) is 6.10 Å². The van der Waals surface area contributed by atoms with Gasteiger partial charge >= 0.3 is 0 Å². The molecule has 0 saturated carbocycles. The summed E-state index contributed by atoms with van der Waals surface area (Å²) in [5.41, 5.74) is 0. The van der Waals surface area contributed by atoms with E-state index in [9.17, 15) is 0 Å². The van der Waals surface area contributed by atoms with Crippen LogP contribution in [0.3, 0.4) is 0 Å². The standard InChI is InChI=1S/C11H14N2O2S/c1-12-11(16)13-6-8-7-14-9-4-2-3-5-10(9)15-8/h2-5,8H,6-7H2,1H3,(H2,12,13,16)/t8-/m0/s1. The van der Waals surface area contributed by atoms with Gasteiger partial charge in [-0.2, -0.15) is 0 Å². The van der Waals surface area contributed by atoms with Gasteiger partial charge in [-0.25, -0.2) is 0 Å². The highest BCUT2D eigenvalue weighted by Crippen LogP contribution is 2.30. The monoisotopic (exact) mass is 238 g/mol. The van der Waals surface area contributed by atoms with Gasteiger partial charge in [0.05, 0.1) is 6.54 Å². The number of hydrogen-bond donors (Lipinski definition) is 2. The molecule has 2 N–H and O–H groups in total. The van der Waals surface area contributed by atoms with Crippen LogP contribution < -0.4 is 20.1 Å². The lowest BCUT2D eigenvalue weighted by atomic mass is 10.2. The van der Waals surface area contributed by atoms with Gasteiger partial charge in [0.15, 0.2) is 16.6 Å². The fourth-order valence-electron chi connectivity index (χ4n) is 1.46. The molecular formula is C11H14N2O2S. The molecule has 0 amide bonds. The Morgan fingerprint density at radius 3 is 2.94 bits per heavy atom. The highest BCUT2D eigenvalue weighted by molar-refractivity contribution is 7.80. The summed E-state index contributed by atoms with van der Waals surface area (Å²) in [4.78, 5) is 0. The molecule has 0 fully saturated rings. The molecule has 1 atom stereocenters. The van der Waals surface area contributed by atoms with Crippen LogP contribution in [-0.4, -0.2) is 31.4 Å². The Balaban J connectivity index is 1.90. The Morgan fingerprint density at radius 2 is 2.19 bits per heavy atom. The number of hydrogen-bond acceptors (Lipinski definition) is 3. The molecule has 1 aromatic rings. The Labute approximate surface area is 99.9 Å². The highest BCUT2D eigenvalue weighted by Gasteiger charge is 2.20. The summed E-state index contributed by atoms with van der Waals surface area (Å²) < 4.78 is 11.3. The first-order valence-electron chi connectivity index (χ1n) is 5.13. The predicted molar refractivity (Wildman–Crippen MR) is 66.0 cm³/mol. The minimum atomic E-state index is -0.0128. The SMILES string of the molecule is CNC(=S)NC[C@H]1COc2ccccc2O1. The van der Waals surface area contributed by atoms with E-state index in [0.717, 1.165) is 11.5 Å². The minimum Gasteiger partial charge on any atom is -0.486 e. The molecule has 4 nitrogen and oxygen atoms in total. The zero-order valence-corrected chi connectivity index (χ0v) is 9.84. The fraction of sp³-hybridized carbons (Fsp3) is 0.364. The van der Waals surface area contributed by atoms with E-state index in [-0.39, 0.29) is 6.10 Å². The summed E-state index contributed by atoms with van der Waals surface area (Å²) >= 11 is 4.98. The minimum absolute atomic E-state index is 0.0128. The lowest BCUT2D eigenvalue weighted by molar-refractivity contribution is 0.0937. The molecule has 0 bridgehead atoms. The maximum atomic E-state index is 5.75. The third kappa shape index (κ3) is 2.55. The Bertz CT molecular complexity index is 384. The summed E-state index contributed by atoms with van der Waals surface area (Å²) in [6.45, 7) is 1.17. The van der Waals surface area contributed by atoms with E-state index in [1.807, 2.05) is 24.3 Å². The van der Waals surface area contributed by atoms with Crippen LogP contribution in [0.15, 0.2) is 24.3 Å². The smallest absolute Gasteiger partial charge is 0.166 e. The molecular weight excluding hydrogens is 224 g/mol. The number of nitrogens with one attached hydrogen (secondary N) is 2. The lowest BCUT2D eigenvalue weighted by Crippen LogP contribution is -2.43. The molecule has 0 unspecified atom stereocenters. The van der Waals surface area contributed by atoms with E-state index in [1.54, 1.807) is 7.05 Å². The number of benzene rings is 1. The largest absolute Gasteiger partial charge is 0.486 e. The van der Waals surface area contributed by atoms with Gasteiger partial charge in [-0.1, -0.05) is 12.1 Å². The molecule has 16 heavy (non-hydrogen) atoms. The van der Waals surface area contributed by atoms with Crippen molar-refractivity contribution in [2.75, 3.05) is 20.2 Å². The average molecular weight is 238 g/mol. The van der Waals surface area contributed by atoms with E-state index >= 15 is 0 Å². The molecule has 1 aliphatic rings. The first-order valence-corrected chi connectivity index (χ1v) is 5.54. The van der Waals surface area contributed by atoms with Gasteiger partial charge in [-0.05, 0) is 24.4 Å². The molecule has 1 aliphatic heterocycles. The van der Waals surface area contributed by atoms with Crippen molar-refractivity contribution >= 4 is 17.3 Å². The lowest BCUT2D eigenvalue weighted by Gasteiger charge is -2.26. The van der Waals surface area contributed by atoms with Crippen LogP contribution in [0.2, 0.25) is 0 Å². The van der Waals surface area contributed by atoms with Crippen molar-refractivity contribution in [3.8, 4) is 11.5 Å². The molecule has 0 aromatic heterocycles. The van der Waals surface area contributed by atoms with Crippen LogP contribution in [0.4, 0.5) is 0 Å². The van der Waals surface area contributed by atoms with Crippen molar-refractivity contribution in [3.63, 3.8) is 0 Å². The molecule has 86 valence electrons.